The highest BCUT2D eigenvalue weighted by atomic mass is 127. The van der Waals surface area contributed by atoms with Gasteiger partial charge in [0.2, 0.25) is 5.79 Å². The number of aliphatic hydroxyl groups excluding tert-OH is 1. The van der Waals surface area contributed by atoms with Gasteiger partial charge in [-0.25, -0.2) is 4.79 Å². The third-order valence-corrected chi connectivity index (χ3v) is 16.0. The molecule has 0 spiro atoms. The summed E-state index contributed by atoms with van der Waals surface area (Å²) in [5.74, 6) is -7.59. The minimum absolute atomic E-state index is 0.0396. The first-order valence-corrected chi connectivity index (χ1v) is 28.6. The molecule has 74 heavy (non-hydrogen) atoms. The number of nitrogens with zero attached hydrogens (tertiary/aromatic N) is 1. The number of ether oxygens (including phenoxy) is 8. The number of cyclic esters (lactones) is 1. The van der Waals surface area contributed by atoms with Crippen LogP contribution in [0.4, 0.5) is 0 Å². The zero-order valence-corrected chi connectivity index (χ0v) is 48.2. The van der Waals surface area contributed by atoms with Crippen LogP contribution in [0.3, 0.4) is 0 Å². The van der Waals surface area contributed by atoms with Crippen LogP contribution >= 0.6 is 22.6 Å². The Morgan fingerprint density at radius 1 is 0.811 bits per heavy atom. The number of alkyl halides is 1. The molecule has 15 atom stereocenters. The summed E-state index contributed by atoms with van der Waals surface area (Å²) >= 11 is 2.25. The molecule has 3 heterocycles. The van der Waals surface area contributed by atoms with Crippen molar-refractivity contribution >= 4 is 51.8 Å². The van der Waals surface area contributed by atoms with Crippen molar-refractivity contribution in [1.82, 2.24) is 4.90 Å². The minimum atomic E-state index is -2.46. The van der Waals surface area contributed by atoms with Gasteiger partial charge >= 0.3 is 5.97 Å². The van der Waals surface area contributed by atoms with Crippen molar-refractivity contribution in [3.63, 3.8) is 0 Å². The van der Waals surface area contributed by atoms with E-state index in [1.807, 2.05) is 65.0 Å². The number of esters is 1. The van der Waals surface area contributed by atoms with E-state index in [-0.39, 0.29) is 80.0 Å². The quantitative estimate of drug-likeness (QED) is 0.0404. The molecule has 4 rings (SSSR count). The van der Waals surface area contributed by atoms with Gasteiger partial charge in [0.1, 0.15) is 30.1 Å². The molecule has 0 radical (unpaired) electrons. The molecule has 1 saturated carbocycles. The first-order valence-electron chi connectivity index (χ1n) is 27.1. The number of ketones is 3. The molecular weight excluding hydrogens is 1070 g/mol. The Bertz CT molecular complexity index is 1920. The number of fused-ring (bicyclic) bond motifs is 3. The number of hydrogen-bond acceptors (Lipinski definition) is 15. The Morgan fingerprint density at radius 3 is 2.24 bits per heavy atom. The van der Waals surface area contributed by atoms with E-state index in [1.165, 1.54) is 19.1 Å². The summed E-state index contributed by atoms with van der Waals surface area (Å²) in [5.41, 5.74) is 1.52. The smallest absolute Gasteiger partial charge is 0.329 e. The van der Waals surface area contributed by atoms with Crippen molar-refractivity contribution in [3.05, 3.63) is 47.6 Å². The number of amides is 1. The van der Waals surface area contributed by atoms with Crippen molar-refractivity contribution in [2.24, 2.45) is 35.5 Å². The number of Topliss-reactive ketones (excluding diaryl/α,β-unsaturated/α-hetero) is 3. The third-order valence-electron chi connectivity index (χ3n) is 15.6. The fourth-order valence-corrected chi connectivity index (χ4v) is 11.4. The lowest BCUT2D eigenvalue weighted by Crippen LogP contribution is -2.61. The van der Waals surface area contributed by atoms with Crippen molar-refractivity contribution in [2.45, 2.75) is 180 Å². The van der Waals surface area contributed by atoms with Gasteiger partial charge in [-0.2, -0.15) is 0 Å². The number of hydrogen-bond donors (Lipinski definition) is 2. The fraction of sp³-hybridized carbons (Fsp3) is 0.772. The van der Waals surface area contributed by atoms with Crippen molar-refractivity contribution in [3.8, 4) is 0 Å². The first-order chi connectivity index (χ1) is 35.3. The van der Waals surface area contributed by atoms with Crippen LogP contribution in [0.15, 0.2) is 47.6 Å². The number of rotatable bonds is 15. The summed E-state index contributed by atoms with van der Waals surface area (Å²) in [6, 6.07) is -1.14. The lowest BCUT2D eigenvalue weighted by molar-refractivity contribution is -0.266. The summed E-state index contributed by atoms with van der Waals surface area (Å²) in [6.45, 7) is 14.6. The Balaban J connectivity index is 1.73. The minimum Gasteiger partial charge on any atom is -0.460 e. The Morgan fingerprint density at radius 2 is 1.55 bits per heavy atom. The molecule has 3 fully saturated rings. The third kappa shape index (κ3) is 18.5. The number of aliphatic hydroxyl groups is 2. The van der Waals surface area contributed by atoms with Crippen LogP contribution in [0, 0.1) is 35.5 Å². The number of halogens is 1. The summed E-state index contributed by atoms with van der Waals surface area (Å²) in [6.07, 6.45) is 13.1. The molecule has 17 heteroatoms. The average Bonchev–Trinajstić information content (AvgIpc) is 3.38. The number of allylic oxidation sites excluding steroid dienone is 6. The largest absolute Gasteiger partial charge is 0.460 e. The maximum Gasteiger partial charge on any atom is 0.329 e. The molecule has 0 aromatic rings. The van der Waals surface area contributed by atoms with Crippen LogP contribution in [0.1, 0.15) is 126 Å². The van der Waals surface area contributed by atoms with Gasteiger partial charge in [0.15, 0.2) is 5.78 Å². The molecule has 1 amide bonds. The number of methoxy groups -OCH3 is 3. The predicted molar refractivity (Wildman–Crippen MR) is 289 cm³/mol. The van der Waals surface area contributed by atoms with Gasteiger partial charge in [-0.15, -0.1) is 0 Å². The normalized spacial score (nSPS) is 34.7. The van der Waals surface area contributed by atoms with Crippen LogP contribution in [-0.2, 0) is 61.9 Å². The number of carbonyl (C=O) groups excluding carboxylic acids is 5. The van der Waals surface area contributed by atoms with E-state index >= 15 is 0 Å². The van der Waals surface area contributed by atoms with Gasteiger partial charge in [0.05, 0.1) is 57.5 Å². The molecule has 1 aliphatic carbocycles. The highest BCUT2D eigenvalue weighted by Crippen LogP contribution is 2.38. The average molecular weight is 1160 g/mol. The van der Waals surface area contributed by atoms with Gasteiger partial charge < -0.3 is 53.0 Å². The summed E-state index contributed by atoms with van der Waals surface area (Å²) < 4.78 is 49.0. The molecular formula is C57H90INO15. The second-order valence-electron chi connectivity index (χ2n) is 21.3. The van der Waals surface area contributed by atoms with Gasteiger partial charge in [0, 0.05) is 62.9 Å². The van der Waals surface area contributed by atoms with Crippen LogP contribution in [0.25, 0.3) is 0 Å². The molecule has 3 aliphatic heterocycles. The van der Waals surface area contributed by atoms with E-state index in [9.17, 15) is 34.2 Å². The molecule has 1 unspecified atom stereocenters. The predicted octanol–water partition coefficient (Wildman–Crippen LogP) is 7.67. The lowest BCUT2D eigenvalue weighted by Gasteiger charge is -2.43. The van der Waals surface area contributed by atoms with E-state index < -0.39 is 71.8 Å². The summed E-state index contributed by atoms with van der Waals surface area (Å²) in [7, 11) is 4.63. The molecule has 2 saturated heterocycles. The van der Waals surface area contributed by atoms with Crippen molar-refractivity contribution < 1.29 is 72.1 Å². The SMILES string of the molecule is CO[C@@H]1C(C)=C[C@@H](C)C(=O)C[C@@H]([C@H](C)C[C@@H]2CC[C@@H](OCCO)[C@H](OC)C2)OC(=O)[C@@H]2CCCCN2C(=O)C(=O)[C@]2(O)O[C@@H](CC[C@H]2C)CC(OCCOCCI)C(C)=CC=CC=C[C@@H](C)C[C@@H](C)C(=O)[C@@H]1OC. The molecule has 420 valence electrons. The van der Waals surface area contributed by atoms with Crippen LogP contribution in [0.5, 0.6) is 0 Å². The lowest BCUT2D eigenvalue weighted by atomic mass is 9.78. The summed E-state index contributed by atoms with van der Waals surface area (Å²) in [5, 5.41) is 21.6. The van der Waals surface area contributed by atoms with Crippen molar-refractivity contribution in [2.75, 3.05) is 65.3 Å². The van der Waals surface area contributed by atoms with Crippen LogP contribution < -0.4 is 0 Å². The second kappa shape index (κ2) is 32.2. The molecule has 2 bridgehead atoms. The van der Waals surface area contributed by atoms with E-state index in [2.05, 4.69) is 22.6 Å². The monoisotopic (exact) mass is 1160 g/mol. The summed E-state index contributed by atoms with van der Waals surface area (Å²) in [4.78, 5) is 73.2. The van der Waals surface area contributed by atoms with E-state index in [0.717, 1.165) is 16.4 Å². The van der Waals surface area contributed by atoms with E-state index in [0.29, 0.717) is 83.2 Å². The second-order valence-corrected chi connectivity index (χ2v) is 22.4. The fourth-order valence-electron chi connectivity index (χ4n) is 11.1. The zero-order chi connectivity index (χ0) is 54.5. The number of piperidine rings is 1. The zero-order valence-electron chi connectivity index (χ0n) is 46.0. The molecule has 2 N–H and O–H groups in total. The first kappa shape index (κ1) is 63.8. The molecule has 16 nitrogen and oxygen atoms in total. The maximum atomic E-state index is 14.6. The Labute approximate surface area is 455 Å². The maximum absolute atomic E-state index is 14.6. The van der Waals surface area contributed by atoms with Gasteiger partial charge in [-0.1, -0.05) is 93.7 Å². The van der Waals surface area contributed by atoms with Crippen LogP contribution in [0.2, 0.25) is 0 Å². The highest BCUT2D eigenvalue weighted by Gasteiger charge is 2.53. The van der Waals surface area contributed by atoms with Gasteiger partial charge in [-0.3, -0.25) is 19.2 Å². The molecule has 4 aliphatic rings. The van der Waals surface area contributed by atoms with Gasteiger partial charge in [-0.05, 0) is 107 Å². The molecule has 0 aromatic heterocycles. The topological polar surface area (TPSA) is 203 Å². The highest BCUT2D eigenvalue weighted by molar-refractivity contribution is 14.1. The van der Waals surface area contributed by atoms with Crippen LogP contribution in [-0.4, -0.2) is 164 Å². The Kier molecular flexibility index (Phi) is 27.8. The van der Waals surface area contributed by atoms with Gasteiger partial charge in [0.25, 0.3) is 11.7 Å². The van der Waals surface area contributed by atoms with E-state index in [4.69, 9.17) is 37.9 Å². The van der Waals surface area contributed by atoms with Crippen molar-refractivity contribution in [1.29, 1.82) is 0 Å². The number of carbonyl (C=O) groups is 5. The Hall–Kier alpha value is -2.72. The molecule has 0 aromatic carbocycles. The van der Waals surface area contributed by atoms with E-state index in [1.54, 1.807) is 27.0 Å². The standard InChI is InChI=1S/C57H90INO15/c1-36-16-12-11-13-17-37(2)48(72-29-28-70-26-23-58)34-44-21-19-42(7)57(66,74-44)54(63)55(64)59-24-15-14-18-45(59)56(65)73-49(39(4)32-43-20-22-47(71-27-25-60)50(33-43)67-8)35-46(61)38(3)31-41(6)52(68-9)53(69-10)51(62)40(5)30-36/h11-13,16-17,31,36,38-40,42-45,47-50,52-53,60,66H,14-15,18-30,32-35H2,1-10H3/t36-,38-,39-,40-,42-,43+,44+,45+,47-,48?,49+,50-,52-,53+,57-/m1/s1.